The van der Waals surface area contributed by atoms with Crippen LogP contribution in [0.1, 0.15) is 57.8 Å². The van der Waals surface area contributed by atoms with Gasteiger partial charge in [-0.1, -0.05) is 19.3 Å². The molecule has 4 rings (SSSR count). The minimum atomic E-state index is 0. The molecular formula is C22H39ClN8O. The van der Waals surface area contributed by atoms with E-state index >= 15 is 0 Å². The van der Waals surface area contributed by atoms with Gasteiger partial charge in [0.2, 0.25) is 23.8 Å². The van der Waals surface area contributed by atoms with Crippen molar-refractivity contribution in [2.75, 3.05) is 55.8 Å². The predicted octanol–water partition coefficient (Wildman–Crippen LogP) is 2.51. The lowest BCUT2D eigenvalue weighted by molar-refractivity contribution is -0.126. The van der Waals surface area contributed by atoms with Crippen LogP contribution in [-0.2, 0) is 4.79 Å². The molecule has 0 spiro atoms. The molecule has 0 atom stereocenters. The number of hydrogen-bond acceptors (Lipinski definition) is 8. The number of amides is 1. The zero-order valence-electron chi connectivity index (χ0n) is 19.5. The molecule has 3 aliphatic rings. The number of hydrogen-bond donors (Lipinski definition) is 3. The van der Waals surface area contributed by atoms with Crippen molar-refractivity contribution in [3.05, 3.63) is 0 Å². The van der Waals surface area contributed by atoms with Crippen LogP contribution in [0.2, 0.25) is 0 Å². The number of carbonyl (C=O) groups is 1. The SMILES string of the molecule is CNc1nc(NC2CCC(C(=O)NC3CCCCC3)CC2)nc(N2CCN(C)CC2)n1.Cl. The summed E-state index contributed by atoms with van der Waals surface area (Å²) in [4.78, 5) is 31.0. The van der Waals surface area contributed by atoms with Crippen LogP contribution in [0.25, 0.3) is 0 Å². The summed E-state index contributed by atoms with van der Waals surface area (Å²) in [6.45, 7) is 3.86. The Morgan fingerprint density at radius 2 is 1.50 bits per heavy atom. The highest BCUT2D eigenvalue weighted by Gasteiger charge is 2.28. The fourth-order valence-electron chi connectivity index (χ4n) is 4.94. The number of nitrogens with zero attached hydrogens (tertiary/aromatic N) is 5. The lowest BCUT2D eigenvalue weighted by Crippen LogP contribution is -2.45. The Balaban J connectivity index is 0.00000289. The summed E-state index contributed by atoms with van der Waals surface area (Å²) < 4.78 is 0. The molecule has 1 saturated heterocycles. The summed E-state index contributed by atoms with van der Waals surface area (Å²) in [7, 11) is 3.98. The van der Waals surface area contributed by atoms with E-state index < -0.39 is 0 Å². The molecule has 0 radical (unpaired) electrons. The largest absolute Gasteiger partial charge is 0.357 e. The van der Waals surface area contributed by atoms with E-state index in [1.54, 1.807) is 0 Å². The quantitative estimate of drug-likeness (QED) is 0.588. The molecule has 0 unspecified atom stereocenters. The molecule has 3 N–H and O–H groups in total. The number of rotatable bonds is 6. The number of likely N-dealkylation sites (N-methyl/N-ethyl adjacent to an activating group) is 1. The van der Waals surface area contributed by atoms with Gasteiger partial charge in [0.05, 0.1) is 0 Å². The van der Waals surface area contributed by atoms with E-state index in [2.05, 4.69) is 42.8 Å². The number of nitrogens with one attached hydrogen (secondary N) is 3. The minimum absolute atomic E-state index is 0. The molecule has 9 nitrogen and oxygen atoms in total. The van der Waals surface area contributed by atoms with Gasteiger partial charge in [0.25, 0.3) is 0 Å². The first-order valence-corrected chi connectivity index (χ1v) is 12.0. The molecule has 2 saturated carbocycles. The summed E-state index contributed by atoms with van der Waals surface area (Å²) in [5, 5.41) is 9.88. The zero-order chi connectivity index (χ0) is 21.6. The average Bonchev–Trinajstić information content (AvgIpc) is 2.80. The molecule has 0 bridgehead atoms. The molecule has 1 aliphatic heterocycles. The molecule has 2 aliphatic carbocycles. The topological polar surface area (TPSA) is 98.3 Å². The summed E-state index contributed by atoms with van der Waals surface area (Å²) >= 11 is 0. The maximum atomic E-state index is 12.7. The molecule has 10 heteroatoms. The Bertz CT molecular complexity index is 729. The fourth-order valence-corrected chi connectivity index (χ4v) is 4.94. The molecule has 1 amide bonds. The fraction of sp³-hybridized carbons (Fsp3) is 0.818. The maximum Gasteiger partial charge on any atom is 0.232 e. The number of anilines is 3. The molecule has 3 fully saturated rings. The lowest BCUT2D eigenvalue weighted by Gasteiger charge is -2.33. The van der Waals surface area contributed by atoms with Crippen LogP contribution in [0.4, 0.5) is 17.8 Å². The number of aromatic nitrogens is 3. The van der Waals surface area contributed by atoms with E-state index in [0.717, 1.165) is 70.7 Å². The van der Waals surface area contributed by atoms with Crippen molar-refractivity contribution in [2.24, 2.45) is 5.92 Å². The van der Waals surface area contributed by atoms with Gasteiger partial charge in [-0.05, 0) is 45.6 Å². The van der Waals surface area contributed by atoms with Gasteiger partial charge in [0.1, 0.15) is 0 Å². The van der Waals surface area contributed by atoms with Crippen molar-refractivity contribution in [3.63, 3.8) is 0 Å². The highest BCUT2D eigenvalue weighted by molar-refractivity contribution is 5.85. The molecule has 1 aromatic rings. The van der Waals surface area contributed by atoms with Crippen LogP contribution in [0.5, 0.6) is 0 Å². The van der Waals surface area contributed by atoms with Crippen molar-refractivity contribution < 1.29 is 4.79 Å². The van der Waals surface area contributed by atoms with Crippen molar-refractivity contribution in [2.45, 2.75) is 69.9 Å². The lowest BCUT2D eigenvalue weighted by atomic mass is 9.85. The monoisotopic (exact) mass is 466 g/mol. The van der Waals surface area contributed by atoms with E-state index in [1.165, 1.54) is 19.3 Å². The third kappa shape index (κ3) is 6.57. The second kappa shape index (κ2) is 11.8. The Morgan fingerprint density at radius 3 is 2.16 bits per heavy atom. The van der Waals surface area contributed by atoms with Crippen LogP contribution in [0.3, 0.4) is 0 Å². The number of carbonyl (C=O) groups excluding carboxylic acids is 1. The molecule has 32 heavy (non-hydrogen) atoms. The molecular weight excluding hydrogens is 428 g/mol. The predicted molar refractivity (Wildman–Crippen MR) is 131 cm³/mol. The third-order valence-electron chi connectivity index (χ3n) is 7.02. The maximum absolute atomic E-state index is 12.7. The van der Waals surface area contributed by atoms with Gasteiger partial charge in [-0.25, -0.2) is 0 Å². The highest BCUT2D eigenvalue weighted by Crippen LogP contribution is 2.28. The van der Waals surface area contributed by atoms with E-state index in [4.69, 9.17) is 4.98 Å². The normalized spacial score (nSPS) is 25.0. The summed E-state index contributed by atoms with van der Waals surface area (Å²) in [6.07, 6.45) is 9.87. The van der Waals surface area contributed by atoms with Crippen LogP contribution in [-0.4, -0.2) is 78.1 Å². The first kappa shape index (κ1) is 24.8. The molecule has 1 aromatic heterocycles. The summed E-state index contributed by atoms with van der Waals surface area (Å²) in [6, 6.07) is 0.696. The van der Waals surface area contributed by atoms with E-state index in [1.807, 2.05) is 7.05 Å². The van der Waals surface area contributed by atoms with Gasteiger partial charge in [0, 0.05) is 51.2 Å². The van der Waals surface area contributed by atoms with Gasteiger partial charge >= 0.3 is 0 Å². The van der Waals surface area contributed by atoms with Crippen molar-refractivity contribution in [1.82, 2.24) is 25.2 Å². The zero-order valence-corrected chi connectivity index (χ0v) is 20.3. The van der Waals surface area contributed by atoms with E-state index in [-0.39, 0.29) is 24.2 Å². The number of halogens is 1. The van der Waals surface area contributed by atoms with Crippen LogP contribution in [0.15, 0.2) is 0 Å². The van der Waals surface area contributed by atoms with Crippen molar-refractivity contribution in [3.8, 4) is 0 Å². The average molecular weight is 467 g/mol. The van der Waals surface area contributed by atoms with Gasteiger partial charge in [-0.3, -0.25) is 4.79 Å². The van der Waals surface area contributed by atoms with Gasteiger partial charge in [0.15, 0.2) is 0 Å². The van der Waals surface area contributed by atoms with E-state index in [9.17, 15) is 4.79 Å². The Labute approximate surface area is 197 Å². The molecule has 180 valence electrons. The van der Waals surface area contributed by atoms with E-state index in [0.29, 0.717) is 24.0 Å². The second-order valence-corrected chi connectivity index (χ2v) is 9.36. The molecule has 0 aromatic carbocycles. The van der Waals surface area contributed by atoms with Crippen LogP contribution < -0.4 is 20.9 Å². The Hall–Kier alpha value is -1.87. The van der Waals surface area contributed by atoms with Crippen LogP contribution >= 0.6 is 12.4 Å². The second-order valence-electron chi connectivity index (χ2n) is 9.36. The first-order chi connectivity index (χ1) is 15.1. The smallest absolute Gasteiger partial charge is 0.232 e. The summed E-state index contributed by atoms with van der Waals surface area (Å²) in [5.41, 5.74) is 0. The molecule has 2 heterocycles. The Morgan fingerprint density at radius 1 is 0.844 bits per heavy atom. The third-order valence-corrected chi connectivity index (χ3v) is 7.02. The number of piperazine rings is 1. The van der Waals surface area contributed by atoms with Gasteiger partial charge in [-0.15, -0.1) is 12.4 Å². The summed E-state index contributed by atoms with van der Waals surface area (Å²) in [5.74, 6) is 2.36. The first-order valence-electron chi connectivity index (χ1n) is 12.0. The van der Waals surface area contributed by atoms with Gasteiger partial charge in [-0.2, -0.15) is 15.0 Å². The van der Waals surface area contributed by atoms with Crippen LogP contribution in [0, 0.1) is 5.92 Å². The van der Waals surface area contributed by atoms with Crippen molar-refractivity contribution >= 4 is 36.2 Å². The Kier molecular flexibility index (Phi) is 9.16. The van der Waals surface area contributed by atoms with Gasteiger partial charge < -0.3 is 25.8 Å². The minimum Gasteiger partial charge on any atom is -0.357 e. The van der Waals surface area contributed by atoms with Crippen molar-refractivity contribution in [1.29, 1.82) is 0 Å². The standard InChI is InChI=1S/C22H38N8O.ClH/c1-23-20-26-21(28-22(27-20)30-14-12-29(2)13-15-30)25-18-10-8-16(9-11-18)19(31)24-17-6-4-3-5-7-17;/h16-18H,3-15H2,1-2H3,(H,24,31)(H2,23,25,26,27,28);1H. The highest BCUT2D eigenvalue weighted by atomic mass is 35.5.